The van der Waals surface area contributed by atoms with Crippen LogP contribution in [0.5, 0.6) is 11.5 Å². The van der Waals surface area contributed by atoms with E-state index in [1.165, 1.54) is 31.3 Å². The van der Waals surface area contributed by atoms with Gasteiger partial charge in [0.05, 0.1) is 31.4 Å². The van der Waals surface area contributed by atoms with Crippen molar-refractivity contribution in [2.45, 2.75) is 18.6 Å². The van der Waals surface area contributed by atoms with Gasteiger partial charge in [0.15, 0.2) is 0 Å². The van der Waals surface area contributed by atoms with Crippen molar-refractivity contribution in [1.82, 2.24) is 9.80 Å². The number of fused-ring (bicyclic) bond motifs is 1. The molecular weight excluding hydrogens is 379 g/mol. The number of rotatable bonds is 6. The molecule has 0 spiro atoms. The standard InChI is InChI=1S/C21H19FN2O5/c1-28-13-8-7-12(17(9-13)29-2)11-23-16(10-22)18(21(23)27)24-19(25)14-5-3-4-6-15(14)20(24)26/h3-9,16,18H,10-11H2,1-2H3/t16-,18+/m0/s1. The van der Waals surface area contributed by atoms with Crippen LogP contribution in [0.2, 0.25) is 0 Å². The number of halogens is 1. The van der Waals surface area contributed by atoms with Gasteiger partial charge in [-0.25, -0.2) is 4.39 Å². The molecule has 3 amide bonds. The maximum absolute atomic E-state index is 13.9. The van der Waals surface area contributed by atoms with Crippen LogP contribution in [0.15, 0.2) is 42.5 Å². The molecule has 0 aromatic heterocycles. The summed E-state index contributed by atoms with van der Waals surface area (Å²) in [6.45, 7) is -0.775. The number of alkyl halides is 1. The molecule has 0 aliphatic carbocycles. The first-order valence-electron chi connectivity index (χ1n) is 9.06. The summed E-state index contributed by atoms with van der Waals surface area (Å²) in [6.07, 6.45) is 0. The Labute approximate surface area is 166 Å². The third kappa shape index (κ3) is 2.83. The van der Waals surface area contributed by atoms with Gasteiger partial charge in [0, 0.05) is 18.2 Å². The van der Waals surface area contributed by atoms with E-state index in [2.05, 4.69) is 0 Å². The molecule has 150 valence electrons. The van der Waals surface area contributed by atoms with Crippen LogP contribution < -0.4 is 9.47 Å². The van der Waals surface area contributed by atoms with Gasteiger partial charge in [-0.1, -0.05) is 12.1 Å². The predicted octanol–water partition coefficient (Wildman–Crippen LogP) is 2.05. The lowest BCUT2D eigenvalue weighted by Crippen LogP contribution is -2.71. The molecule has 4 rings (SSSR count). The van der Waals surface area contributed by atoms with E-state index < -0.39 is 36.5 Å². The summed E-state index contributed by atoms with van der Waals surface area (Å²) in [6, 6.07) is 9.42. The minimum atomic E-state index is -1.14. The second kappa shape index (κ2) is 7.20. The Kier molecular flexibility index (Phi) is 4.70. The van der Waals surface area contributed by atoms with Crippen LogP contribution in [0.3, 0.4) is 0 Å². The fourth-order valence-electron chi connectivity index (χ4n) is 3.86. The molecule has 2 aliphatic rings. The normalized spacial score (nSPS) is 20.6. The van der Waals surface area contributed by atoms with E-state index in [1.54, 1.807) is 30.3 Å². The van der Waals surface area contributed by atoms with Gasteiger partial charge >= 0.3 is 0 Å². The molecule has 8 heteroatoms. The molecule has 2 aromatic rings. The highest BCUT2D eigenvalue weighted by molar-refractivity contribution is 6.23. The van der Waals surface area contributed by atoms with E-state index in [4.69, 9.17) is 9.47 Å². The summed E-state index contributed by atoms with van der Waals surface area (Å²) in [5.74, 6) is -0.515. The van der Waals surface area contributed by atoms with Gasteiger partial charge in [0.2, 0.25) is 5.91 Å². The summed E-state index contributed by atoms with van der Waals surface area (Å²) in [4.78, 5) is 40.4. The van der Waals surface area contributed by atoms with Crippen molar-refractivity contribution in [3.05, 3.63) is 59.2 Å². The molecule has 2 heterocycles. The number of likely N-dealkylation sites (tertiary alicyclic amines) is 1. The number of amides is 3. The van der Waals surface area contributed by atoms with Crippen molar-refractivity contribution < 1.29 is 28.2 Å². The second-order valence-electron chi connectivity index (χ2n) is 6.84. The Balaban J connectivity index is 1.58. The van der Waals surface area contributed by atoms with E-state index in [-0.39, 0.29) is 17.7 Å². The number of ether oxygens (including phenoxy) is 2. The zero-order valence-corrected chi connectivity index (χ0v) is 15.9. The first-order chi connectivity index (χ1) is 14.0. The summed E-state index contributed by atoms with van der Waals surface area (Å²) in [5.41, 5.74) is 1.14. The molecule has 0 N–H and O–H groups in total. The van der Waals surface area contributed by atoms with Crippen LogP contribution in [0.25, 0.3) is 0 Å². The highest BCUT2D eigenvalue weighted by Crippen LogP contribution is 2.35. The SMILES string of the molecule is COc1ccc(CN2C(=O)[C@H](N3C(=O)c4ccccc4C3=O)[C@@H]2CF)c(OC)c1. The first-order valence-corrected chi connectivity index (χ1v) is 9.06. The molecule has 2 aromatic carbocycles. The maximum atomic E-state index is 13.9. The fourth-order valence-corrected chi connectivity index (χ4v) is 3.86. The molecule has 29 heavy (non-hydrogen) atoms. The minimum Gasteiger partial charge on any atom is -0.497 e. The molecule has 0 radical (unpaired) electrons. The molecule has 1 fully saturated rings. The maximum Gasteiger partial charge on any atom is 0.262 e. The molecule has 7 nitrogen and oxygen atoms in total. The van der Waals surface area contributed by atoms with Crippen LogP contribution >= 0.6 is 0 Å². The summed E-state index contributed by atoms with van der Waals surface area (Å²) in [7, 11) is 3.02. The van der Waals surface area contributed by atoms with Gasteiger partial charge in [-0.15, -0.1) is 0 Å². The number of carbonyl (C=O) groups is 3. The Morgan fingerprint density at radius 3 is 2.17 bits per heavy atom. The van der Waals surface area contributed by atoms with Gasteiger partial charge < -0.3 is 14.4 Å². The van der Waals surface area contributed by atoms with E-state index in [0.717, 1.165) is 4.90 Å². The van der Waals surface area contributed by atoms with Gasteiger partial charge in [-0.05, 0) is 24.3 Å². The number of nitrogens with zero attached hydrogens (tertiary/aromatic N) is 2. The predicted molar refractivity (Wildman–Crippen MR) is 101 cm³/mol. The first kappa shape index (κ1) is 18.9. The lowest BCUT2D eigenvalue weighted by atomic mass is 9.93. The zero-order chi connectivity index (χ0) is 20.7. The minimum absolute atomic E-state index is 0.0975. The van der Waals surface area contributed by atoms with Crippen molar-refractivity contribution in [2.75, 3.05) is 20.9 Å². The zero-order valence-electron chi connectivity index (χ0n) is 15.9. The Morgan fingerprint density at radius 1 is 0.966 bits per heavy atom. The molecule has 1 saturated heterocycles. The van der Waals surface area contributed by atoms with Crippen molar-refractivity contribution >= 4 is 17.7 Å². The monoisotopic (exact) mass is 398 g/mol. The third-order valence-electron chi connectivity index (χ3n) is 5.40. The number of imide groups is 1. The van der Waals surface area contributed by atoms with Crippen LogP contribution in [-0.4, -0.2) is 60.5 Å². The highest BCUT2D eigenvalue weighted by atomic mass is 19.1. The second-order valence-corrected chi connectivity index (χ2v) is 6.84. The van der Waals surface area contributed by atoms with Gasteiger partial charge in [0.25, 0.3) is 11.8 Å². The number of hydrogen-bond donors (Lipinski definition) is 0. The molecule has 0 unspecified atom stereocenters. The fraction of sp³-hybridized carbons (Fsp3) is 0.286. The van der Waals surface area contributed by atoms with Gasteiger partial charge in [0.1, 0.15) is 24.2 Å². The number of β-lactam (4-membered cyclic amide) rings is 1. The Morgan fingerprint density at radius 2 is 1.62 bits per heavy atom. The molecule has 2 atom stereocenters. The van der Waals surface area contributed by atoms with Crippen LogP contribution in [0.4, 0.5) is 4.39 Å². The van der Waals surface area contributed by atoms with Gasteiger partial charge in [-0.2, -0.15) is 0 Å². The Bertz CT molecular complexity index is 973. The molecule has 2 aliphatic heterocycles. The van der Waals surface area contributed by atoms with Crippen LogP contribution in [0, 0.1) is 0 Å². The Hall–Kier alpha value is -3.42. The molecular formula is C21H19FN2O5. The van der Waals surface area contributed by atoms with Crippen molar-refractivity contribution in [3.63, 3.8) is 0 Å². The summed E-state index contributed by atoms with van der Waals surface area (Å²) in [5, 5.41) is 0. The molecule has 0 bridgehead atoms. The van der Waals surface area contributed by atoms with Crippen LogP contribution in [0.1, 0.15) is 26.3 Å². The summed E-state index contributed by atoms with van der Waals surface area (Å²) >= 11 is 0. The van der Waals surface area contributed by atoms with Crippen molar-refractivity contribution in [2.24, 2.45) is 0 Å². The van der Waals surface area contributed by atoms with E-state index in [9.17, 15) is 18.8 Å². The van der Waals surface area contributed by atoms with E-state index >= 15 is 0 Å². The average molecular weight is 398 g/mol. The third-order valence-corrected chi connectivity index (χ3v) is 5.40. The topological polar surface area (TPSA) is 76.2 Å². The average Bonchev–Trinajstić information content (AvgIpc) is 3.00. The molecule has 0 saturated carbocycles. The number of methoxy groups -OCH3 is 2. The number of hydrogen-bond acceptors (Lipinski definition) is 5. The van der Waals surface area contributed by atoms with Crippen molar-refractivity contribution in [3.8, 4) is 11.5 Å². The van der Waals surface area contributed by atoms with Crippen molar-refractivity contribution in [1.29, 1.82) is 0 Å². The lowest BCUT2D eigenvalue weighted by molar-refractivity contribution is -0.157. The lowest BCUT2D eigenvalue weighted by Gasteiger charge is -2.48. The van der Waals surface area contributed by atoms with Crippen LogP contribution in [-0.2, 0) is 11.3 Å². The van der Waals surface area contributed by atoms with E-state index in [1.807, 2.05) is 0 Å². The smallest absolute Gasteiger partial charge is 0.262 e. The van der Waals surface area contributed by atoms with E-state index in [0.29, 0.717) is 17.1 Å². The quantitative estimate of drug-likeness (QED) is 0.550. The largest absolute Gasteiger partial charge is 0.497 e. The number of benzene rings is 2. The highest BCUT2D eigenvalue weighted by Gasteiger charge is 2.56. The number of carbonyl (C=O) groups excluding carboxylic acids is 3. The summed E-state index contributed by atoms with van der Waals surface area (Å²) < 4.78 is 24.3. The van der Waals surface area contributed by atoms with Gasteiger partial charge in [-0.3, -0.25) is 19.3 Å².